The van der Waals surface area contributed by atoms with Gasteiger partial charge in [0.15, 0.2) is 5.69 Å². The van der Waals surface area contributed by atoms with E-state index >= 15 is 0 Å². The average Bonchev–Trinajstić information content (AvgIpc) is 3.11. The molecule has 0 fully saturated rings. The lowest BCUT2D eigenvalue weighted by Crippen LogP contribution is -2.14. The first-order valence-corrected chi connectivity index (χ1v) is 10.9. The number of para-hydroxylation sites is 1. The zero-order valence-electron chi connectivity index (χ0n) is 16.6. The molecule has 28 heavy (non-hydrogen) atoms. The van der Waals surface area contributed by atoms with Crippen molar-refractivity contribution in [3.63, 3.8) is 0 Å². The highest BCUT2D eigenvalue weighted by molar-refractivity contribution is 7.83. The van der Waals surface area contributed by atoms with E-state index in [4.69, 9.17) is 0 Å². The van der Waals surface area contributed by atoms with Gasteiger partial charge in [-0.1, -0.05) is 44.2 Å². The van der Waals surface area contributed by atoms with Crippen LogP contribution in [0.25, 0.3) is 5.69 Å². The van der Waals surface area contributed by atoms with Crippen LogP contribution in [0.5, 0.6) is 0 Å². The minimum atomic E-state index is -0.938. The van der Waals surface area contributed by atoms with Crippen molar-refractivity contribution in [1.82, 2.24) is 9.78 Å². The molecule has 1 N–H and O–H groups in total. The van der Waals surface area contributed by atoms with E-state index in [0.29, 0.717) is 17.1 Å². The zero-order valence-corrected chi connectivity index (χ0v) is 17.4. The molecule has 0 bridgehead atoms. The molecule has 1 atom stereocenters. The molecule has 0 aliphatic rings. The summed E-state index contributed by atoms with van der Waals surface area (Å²) in [4.78, 5) is 12.9. The quantitative estimate of drug-likeness (QED) is 0.671. The van der Waals surface area contributed by atoms with Gasteiger partial charge in [-0.15, -0.1) is 0 Å². The molecule has 2 aromatic carbocycles. The third-order valence-electron chi connectivity index (χ3n) is 4.61. The van der Waals surface area contributed by atoms with E-state index in [-0.39, 0.29) is 11.8 Å². The van der Waals surface area contributed by atoms with Gasteiger partial charge in [0.1, 0.15) is 0 Å². The number of hydrogen-bond acceptors (Lipinski definition) is 3. The van der Waals surface area contributed by atoms with Gasteiger partial charge in [0.05, 0.1) is 5.69 Å². The second-order valence-electron chi connectivity index (χ2n) is 7.12. The summed E-state index contributed by atoms with van der Waals surface area (Å²) in [7, 11) is -0.938. The molecule has 0 radical (unpaired) electrons. The fourth-order valence-corrected chi connectivity index (χ4v) is 3.83. The van der Waals surface area contributed by atoms with Gasteiger partial charge in [0, 0.05) is 34.2 Å². The van der Waals surface area contributed by atoms with Crippen LogP contribution in [-0.2, 0) is 16.6 Å². The number of carbonyl (C=O) groups is 1. The Labute approximate surface area is 168 Å². The van der Waals surface area contributed by atoms with Gasteiger partial charge in [-0.2, -0.15) is 5.10 Å². The van der Waals surface area contributed by atoms with Gasteiger partial charge in [-0.25, -0.2) is 4.68 Å². The topological polar surface area (TPSA) is 64.0 Å². The molecule has 1 amide bonds. The summed E-state index contributed by atoms with van der Waals surface area (Å²) in [5, 5.41) is 7.51. The Hall–Kier alpha value is -2.73. The van der Waals surface area contributed by atoms with Crippen molar-refractivity contribution >= 4 is 22.4 Å². The fraction of sp³-hybridized carbons (Fsp3) is 0.273. The first-order chi connectivity index (χ1) is 13.4. The van der Waals surface area contributed by atoms with Crippen LogP contribution in [0.1, 0.15) is 47.1 Å². The Balaban J connectivity index is 1.91. The van der Waals surface area contributed by atoms with Crippen LogP contribution in [-0.4, -0.2) is 26.2 Å². The normalized spacial score (nSPS) is 12.2. The first kappa shape index (κ1) is 20.0. The van der Waals surface area contributed by atoms with Gasteiger partial charge in [-0.3, -0.25) is 9.00 Å². The zero-order chi connectivity index (χ0) is 20.3. The average molecular weight is 396 g/mol. The number of nitrogens with one attached hydrogen (secondary N) is 1. The fourth-order valence-electron chi connectivity index (χ4n) is 3.07. The highest BCUT2D eigenvalue weighted by Crippen LogP contribution is 2.23. The third-order valence-corrected chi connectivity index (χ3v) is 5.33. The maximum absolute atomic E-state index is 12.9. The standard InChI is InChI=1S/C22H25N3O2S/c1-15(2)21-13-20(24-25(21)18-10-6-5-7-11-18)22(26)23-19-12-8-9-17(16(19)3)14-28(4)27/h5-13,15H,14H2,1-4H3,(H,23,26)/t28-/m1/s1. The van der Waals surface area contributed by atoms with E-state index in [1.165, 1.54) is 0 Å². The molecule has 1 heterocycles. The van der Waals surface area contributed by atoms with E-state index in [2.05, 4.69) is 24.3 Å². The minimum Gasteiger partial charge on any atom is -0.320 e. The molecule has 3 rings (SSSR count). The maximum atomic E-state index is 12.9. The van der Waals surface area contributed by atoms with Gasteiger partial charge in [0.2, 0.25) is 0 Å². The predicted octanol–water partition coefficient (Wildman–Crippen LogP) is 4.43. The third kappa shape index (κ3) is 4.39. The van der Waals surface area contributed by atoms with E-state index in [1.807, 2.05) is 66.2 Å². The second-order valence-corrected chi connectivity index (χ2v) is 8.55. The van der Waals surface area contributed by atoms with E-state index < -0.39 is 10.8 Å². The molecule has 6 heteroatoms. The molecule has 3 aromatic rings. The molecule has 146 valence electrons. The first-order valence-electron chi connectivity index (χ1n) is 9.22. The molecule has 0 unspecified atom stereocenters. The predicted molar refractivity (Wildman–Crippen MR) is 115 cm³/mol. The number of rotatable bonds is 6. The van der Waals surface area contributed by atoms with Gasteiger partial charge >= 0.3 is 0 Å². The molecule has 0 saturated heterocycles. The summed E-state index contributed by atoms with van der Waals surface area (Å²) in [6, 6.07) is 17.3. The Morgan fingerprint density at radius 3 is 2.50 bits per heavy atom. The van der Waals surface area contributed by atoms with Crippen molar-refractivity contribution < 1.29 is 9.00 Å². The monoisotopic (exact) mass is 395 g/mol. The van der Waals surface area contributed by atoms with Crippen LogP contribution in [0.15, 0.2) is 54.6 Å². The SMILES string of the molecule is Cc1c(C[S@@](C)=O)cccc1NC(=O)c1cc(C(C)C)n(-c2ccccc2)n1. The van der Waals surface area contributed by atoms with Gasteiger partial charge < -0.3 is 5.32 Å². The Bertz CT molecular complexity index is 1010. The molecule has 0 spiro atoms. The molecule has 0 aliphatic carbocycles. The lowest BCUT2D eigenvalue weighted by Gasteiger charge is -2.11. The number of carbonyl (C=O) groups excluding carboxylic acids is 1. The van der Waals surface area contributed by atoms with Crippen LogP contribution < -0.4 is 5.32 Å². The number of amides is 1. The van der Waals surface area contributed by atoms with E-state index in [1.54, 1.807) is 6.26 Å². The molecular formula is C22H25N3O2S. The van der Waals surface area contributed by atoms with Gasteiger partial charge in [-0.05, 0) is 48.2 Å². The van der Waals surface area contributed by atoms with Crippen molar-refractivity contribution in [2.24, 2.45) is 0 Å². The lowest BCUT2D eigenvalue weighted by molar-refractivity contribution is 0.102. The number of hydrogen-bond donors (Lipinski definition) is 1. The Morgan fingerprint density at radius 2 is 1.86 bits per heavy atom. The molecule has 1 aromatic heterocycles. The summed E-state index contributed by atoms with van der Waals surface area (Å²) in [6.45, 7) is 6.09. The van der Waals surface area contributed by atoms with Crippen molar-refractivity contribution in [1.29, 1.82) is 0 Å². The summed E-state index contributed by atoms with van der Waals surface area (Å²) in [5.41, 5.74) is 4.88. The summed E-state index contributed by atoms with van der Waals surface area (Å²) in [5.74, 6) is 0.434. The lowest BCUT2D eigenvalue weighted by atomic mass is 10.1. The number of benzene rings is 2. The van der Waals surface area contributed by atoms with Crippen molar-refractivity contribution in [2.45, 2.75) is 32.4 Å². The van der Waals surface area contributed by atoms with Crippen LogP contribution in [0.3, 0.4) is 0 Å². The van der Waals surface area contributed by atoms with E-state index in [0.717, 1.165) is 22.5 Å². The molecule has 0 saturated carbocycles. The van der Waals surface area contributed by atoms with Crippen molar-refractivity contribution in [3.05, 3.63) is 77.1 Å². The van der Waals surface area contributed by atoms with Crippen LogP contribution in [0, 0.1) is 6.92 Å². The summed E-state index contributed by atoms with van der Waals surface area (Å²) >= 11 is 0. The summed E-state index contributed by atoms with van der Waals surface area (Å²) in [6.07, 6.45) is 1.67. The molecule has 5 nitrogen and oxygen atoms in total. The number of nitrogens with zero attached hydrogens (tertiary/aromatic N) is 2. The Kier molecular flexibility index (Phi) is 6.09. The largest absolute Gasteiger partial charge is 0.320 e. The molecule has 0 aliphatic heterocycles. The van der Waals surface area contributed by atoms with Crippen molar-refractivity contribution in [2.75, 3.05) is 11.6 Å². The smallest absolute Gasteiger partial charge is 0.276 e. The van der Waals surface area contributed by atoms with E-state index in [9.17, 15) is 9.00 Å². The number of aromatic nitrogens is 2. The minimum absolute atomic E-state index is 0.221. The highest BCUT2D eigenvalue weighted by atomic mass is 32.2. The van der Waals surface area contributed by atoms with Crippen molar-refractivity contribution in [3.8, 4) is 5.69 Å². The Morgan fingerprint density at radius 1 is 1.14 bits per heavy atom. The summed E-state index contributed by atoms with van der Waals surface area (Å²) < 4.78 is 13.4. The van der Waals surface area contributed by atoms with Crippen LogP contribution in [0.2, 0.25) is 0 Å². The highest BCUT2D eigenvalue weighted by Gasteiger charge is 2.18. The van der Waals surface area contributed by atoms with Gasteiger partial charge in [0.25, 0.3) is 5.91 Å². The molecular weight excluding hydrogens is 370 g/mol. The second kappa shape index (κ2) is 8.52. The van der Waals surface area contributed by atoms with Crippen LogP contribution >= 0.6 is 0 Å². The maximum Gasteiger partial charge on any atom is 0.276 e. The number of anilines is 1. The van der Waals surface area contributed by atoms with Crippen LogP contribution in [0.4, 0.5) is 5.69 Å².